The highest BCUT2D eigenvalue weighted by Gasteiger charge is 2.05. The quantitative estimate of drug-likeness (QED) is 0.561. The molecule has 1 aromatic heterocycles. The maximum atomic E-state index is 4.25. The van der Waals surface area contributed by atoms with E-state index in [1.807, 2.05) is 42.5 Å². The number of aromatic nitrogens is 2. The van der Waals surface area contributed by atoms with E-state index < -0.39 is 0 Å². The Bertz CT molecular complexity index is 792. The standard InChI is InChI=1S/C18H19N5S/c1-3-23(4-2)16-12-10-15(11-13-16)19-21-18-22-20-17(24-18)14-8-6-5-7-9-14/h5-13H,3-4H2,1-2H3. The normalized spacial score (nSPS) is 11.1. The summed E-state index contributed by atoms with van der Waals surface area (Å²) >= 11 is 1.43. The number of hydrogen-bond acceptors (Lipinski definition) is 6. The van der Waals surface area contributed by atoms with E-state index in [9.17, 15) is 0 Å². The largest absolute Gasteiger partial charge is 0.372 e. The molecule has 3 rings (SSSR count). The lowest BCUT2D eigenvalue weighted by Gasteiger charge is -2.20. The molecule has 0 aliphatic carbocycles. The van der Waals surface area contributed by atoms with E-state index in [1.54, 1.807) is 0 Å². The van der Waals surface area contributed by atoms with Crippen molar-refractivity contribution < 1.29 is 0 Å². The molecule has 5 nitrogen and oxygen atoms in total. The van der Waals surface area contributed by atoms with Crippen molar-refractivity contribution in [1.29, 1.82) is 0 Å². The Kier molecular flexibility index (Phi) is 5.28. The van der Waals surface area contributed by atoms with Gasteiger partial charge in [0.05, 0.1) is 5.69 Å². The van der Waals surface area contributed by atoms with Crippen LogP contribution in [0.2, 0.25) is 0 Å². The Balaban J connectivity index is 1.71. The number of anilines is 1. The summed E-state index contributed by atoms with van der Waals surface area (Å²) in [6, 6.07) is 18.0. The summed E-state index contributed by atoms with van der Waals surface area (Å²) in [5, 5.41) is 18.1. The molecule has 0 aliphatic heterocycles. The number of rotatable bonds is 6. The lowest BCUT2D eigenvalue weighted by atomic mass is 10.2. The molecule has 24 heavy (non-hydrogen) atoms. The molecule has 6 heteroatoms. The van der Waals surface area contributed by atoms with Gasteiger partial charge >= 0.3 is 0 Å². The molecule has 0 spiro atoms. The molecule has 0 unspecified atom stereocenters. The number of nitrogens with zero attached hydrogens (tertiary/aromatic N) is 5. The van der Waals surface area contributed by atoms with Crippen LogP contribution in [0.15, 0.2) is 64.8 Å². The molecule has 0 amide bonds. The maximum absolute atomic E-state index is 4.25. The van der Waals surface area contributed by atoms with E-state index in [-0.39, 0.29) is 0 Å². The van der Waals surface area contributed by atoms with Gasteiger partial charge in [-0.15, -0.1) is 20.4 Å². The number of benzene rings is 2. The molecule has 0 aliphatic rings. The molecule has 0 saturated carbocycles. The van der Waals surface area contributed by atoms with Crippen LogP contribution in [0.25, 0.3) is 10.6 Å². The molecule has 2 aromatic carbocycles. The van der Waals surface area contributed by atoms with Crippen LogP contribution in [0.1, 0.15) is 13.8 Å². The summed E-state index contributed by atoms with van der Waals surface area (Å²) in [4.78, 5) is 2.29. The van der Waals surface area contributed by atoms with Crippen molar-refractivity contribution in [2.75, 3.05) is 18.0 Å². The van der Waals surface area contributed by atoms with E-state index >= 15 is 0 Å². The Morgan fingerprint density at radius 1 is 0.875 bits per heavy atom. The van der Waals surface area contributed by atoms with Crippen molar-refractivity contribution in [3.05, 3.63) is 54.6 Å². The van der Waals surface area contributed by atoms with Gasteiger partial charge in [0.25, 0.3) is 5.13 Å². The lowest BCUT2D eigenvalue weighted by molar-refractivity contribution is 0.866. The van der Waals surface area contributed by atoms with Crippen LogP contribution in [0.4, 0.5) is 16.5 Å². The van der Waals surface area contributed by atoms with Crippen molar-refractivity contribution in [1.82, 2.24) is 10.2 Å². The first-order valence-electron chi connectivity index (χ1n) is 7.96. The van der Waals surface area contributed by atoms with Gasteiger partial charge < -0.3 is 4.90 Å². The smallest absolute Gasteiger partial charge is 0.252 e. The summed E-state index contributed by atoms with van der Waals surface area (Å²) in [5.74, 6) is 0. The summed E-state index contributed by atoms with van der Waals surface area (Å²) < 4.78 is 0. The minimum atomic E-state index is 0.557. The van der Waals surface area contributed by atoms with E-state index in [0.29, 0.717) is 5.13 Å². The van der Waals surface area contributed by atoms with Crippen LogP contribution in [0, 0.1) is 0 Å². The van der Waals surface area contributed by atoms with Crippen LogP contribution in [-0.2, 0) is 0 Å². The highest BCUT2D eigenvalue weighted by Crippen LogP contribution is 2.29. The predicted molar refractivity (Wildman–Crippen MR) is 99.5 cm³/mol. The zero-order valence-electron chi connectivity index (χ0n) is 13.8. The summed E-state index contributed by atoms with van der Waals surface area (Å²) in [7, 11) is 0. The Morgan fingerprint density at radius 2 is 1.58 bits per heavy atom. The van der Waals surface area contributed by atoms with E-state index in [4.69, 9.17) is 0 Å². The van der Waals surface area contributed by atoms with Crippen molar-refractivity contribution in [2.24, 2.45) is 10.2 Å². The zero-order chi connectivity index (χ0) is 16.8. The molecular weight excluding hydrogens is 318 g/mol. The monoisotopic (exact) mass is 337 g/mol. The van der Waals surface area contributed by atoms with Gasteiger partial charge in [0.1, 0.15) is 5.01 Å². The van der Waals surface area contributed by atoms with Gasteiger partial charge in [0.15, 0.2) is 0 Å². The van der Waals surface area contributed by atoms with Crippen molar-refractivity contribution in [3.8, 4) is 10.6 Å². The first-order valence-corrected chi connectivity index (χ1v) is 8.77. The second-order valence-electron chi connectivity index (χ2n) is 5.14. The fourth-order valence-corrected chi connectivity index (χ4v) is 3.04. The summed E-state index contributed by atoms with van der Waals surface area (Å²) in [5.41, 5.74) is 3.05. The van der Waals surface area contributed by atoms with E-state index in [0.717, 1.165) is 29.3 Å². The van der Waals surface area contributed by atoms with E-state index in [2.05, 4.69) is 51.3 Å². The van der Waals surface area contributed by atoms with Crippen molar-refractivity contribution in [3.63, 3.8) is 0 Å². The molecule has 0 N–H and O–H groups in total. The van der Waals surface area contributed by atoms with Gasteiger partial charge in [-0.25, -0.2) is 0 Å². The first-order chi connectivity index (χ1) is 11.8. The van der Waals surface area contributed by atoms with Gasteiger partial charge in [-0.05, 0) is 38.1 Å². The lowest BCUT2D eigenvalue weighted by Crippen LogP contribution is -2.21. The van der Waals surface area contributed by atoms with Crippen molar-refractivity contribution >= 4 is 27.8 Å². The van der Waals surface area contributed by atoms with Crippen LogP contribution < -0.4 is 4.90 Å². The van der Waals surface area contributed by atoms with Crippen LogP contribution in [0.3, 0.4) is 0 Å². The highest BCUT2D eigenvalue weighted by atomic mass is 32.1. The Hall–Kier alpha value is -2.60. The van der Waals surface area contributed by atoms with Crippen LogP contribution in [-0.4, -0.2) is 23.3 Å². The number of hydrogen-bond donors (Lipinski definition) is 0. The Labute approximate surface area is 145 Å². The SMILES string of the molecule is CCN(CC)c1ccc(N=Nc2nnc(-c3ccccc3)s2)cc1. The minimum Gasteiger partial charge on any atom is -0.372 e. The molecule has 0 atom stereocenters. The fourth-order valence-electron chi connectivity index (χ4n) is 2.37. The zero-order valence-corrected chi connectivity index (χ0v) is 14.6. The van der Waals surface area contributed by atoms with Gasteiger partial charge in [-0.3, -0.25) is 0 Å². The highest BCUT2D eigenvalue weighted by molar-refractivity contribution is 7.18. The molecule has 122 valence electrons. The molecule has 1 heterocycles. The molecule has 0 saturated heterocycles. The van der Waals surface area contributed by atoms with Gasteiger partial charge in [-0.1, -0.05) is 41.7 Å². The molecular formula is C18H19N5S. The fraction of sp³-hybridized carbons (Fsp3) is 0.222. The average molecular weight is 337 g/mol. The average Bonchev–Trinajstić information content (AvgIpc) is 3.12. The van der Waals surface area contributed by atoms with Crippen LogP contribution in [0.5, 0.6) is 0 Å². The van der Waals surface area contributed by atoms with Gasteiger partial charge in [0.2, 0.25) is 0 Å². The third-order valence-electron chi connectivity index (χ3n) is 3.66. The van der Waals surface area contributed by atoms with E-state index in [1.165, 1.54) is 17.0 Å². The Morgan fingerprint density at radius 3 is 2.25 bits per heavy atom. The molecule has 0 bridgehead atoms. The summed E-state index contributed by atoms with van der Waals surface area (Å²) in [6.45, 7) is 6.28. The third kappa shape index (κ3) is 3.83. The minimum absolute atomic E-state index is 0.557. The van der Waals surface area contributed by atoms with Crippen LogP contribution >= 0.6 is 11.3 Å². The number of azo groups is 1. The van der Waals surface area contributed by atoms with Crippen molar-refractivity contribution in [2.45, 2.75) is 13.8 Å². The van der Waals surface area contributed by atoms with Gasteiger partial charge in [0, 0.05) is 24.3 Å². The second kappa shape index (κ2) is 7.79. The second-order valence-corrected chi connectivity index (χ2v) is 6.10. The molecule has 0 radical (unpaired) electrons. The first kappa shape index (κ1) is 16.3. The topological polar surface area (TPSA) is 53.7 Å². The molecule has 3 aromatic rings. The predicted octanol–water partition coefficient (Wildman–Crippen LogP) is 5.47. The maximum Gasteiger partial charge on any atom is 0.252 e. The molecule has 0 fully saturated rings. The summed E-state index contributed by atoms with van der Waals surface area (Å²) in [6.07, 6.45) is 0. The third-order valence-corrected chi connectivity index (χ3v) is 4.52. The van der Waals surface area contributed by atoms with Gasteiger partial charge in [-0.2, -0.15) is 0 Å².